The van der Waals surface area contributed by atoms with E-state index in [9.17, 15) is 0 Å². The molecule has 0 unspecified atom stereocenters. The summed E-state index contributed by atoms with van der Waals surface area (Å²) < 4.78 is 0. The summed E-state index contributed by atoms with van der Waals surface area (Å²) in [6.07, 6.45) is 10.3. The van der Waals surface area contributed by atoms with E-state index >= 15 is 0 Å². The van der Waals surface area contributed by atoms with Gasteiger partial charge in [-0.1, -0.05) is 46.0 Å². The van der Waals surface area contributed by atoms with Crippen molar-refractivity contribution in [1.29, 1.82) is 0 Å². The molecule has 0 heterocycles. The van der Waals surface area contributed by atoms with Crippen LogP contribution in [0.3, 0.4) is 0 Å². The Bertz CT molecular complexity index is 125. The van der Waals surface area contributed by atoms with Crippen LogP contribution in [-0.2, 0) is 0 Å². The normalized spacial score (nSPS) is 27.9. The van der Waals surface area contributed by atoms with E-state index < -0.39 is 0 Å². The Balaban J connectivity index is 1.98. The van der Waals surface area contributed by atoms with E-state index in [2.05, 4.69) is 19.2 Å². The average Bonchev–Trinajstić information content (AvgIpc) is 2.25. The van der Waals surface area contributed by atoms with Crippen molar-refractivity contribution >= 4 is 0 Å². The van der Waals surface area contributed by atoms with E-state index in [4.69, 9.17) is 0 Å². The first kappa shape index (κ1) is 12.0. The first-order chi connectivity index (χ1) is 6.86. The van der Waals surface area contributed by atoms with Gasteiger partial charge in [-0.2, -0.15) is 0 Å². The fraction of sp³-hybridized carbons (Fsp3) is 1.00. The first-order valence-corrected chi connectivity index (χ1v) is 6.57. The Hall–Kier alpha value is -0.0400. The second kappa shape index (κ2) is 7.28. The minimum Gasteiger partial charge on any atom is -0.317 e. The zero-order valence-electron chi connectivity index (χ0n) is 10.0. The van der Waals surface area contributed by atoms with Crippen molar-refractivity contribution < 1.29 is 0 Å². The van der Waals surface area contributed by atoms with Crippen LogP contribution in [-0.4, -0.2) is 13.1 Å². The van der Waals surface area contributed by atoms with E-state index in [-0.39, 0.29) is 0 Å². The molecule has 1 aliphatic carbocycles. The van der Waals surface area contributed by atoms with Crippen molar-refractivity contribution in [2.75, 3.05) is 13.1 Å². The monoisotopic (exact) mass is 197 g/mol. The average molecular weight is 197 g/mol. The molecule has 84 valence electrons. The van der Waals surface area contributed by atoms with Crippen molar-refractivity contribution in [2.24, 2.45) is 11.8 Å². The van der Waals surface area contributed by atoms with Crippen molar-refractivity contribution in [1.82, 2.24) is 5.32 Å². The van der Waals surface area contributed by atoms with Crippen molar-refractivity contribution in [3.8, 4) is 0 Å². The van der Waals surface area contributed by atoms with Crippen LogP contribution in [0.15, 0.2) is 0 Å². The molecule has 0 spiro atoms. The molecule has 0 radical (unpaired) electrons. The maximum atomic E-state index is 3.41. The Morgan fingerprint density at radius 3 is 2.21 bits per heavy atom. The molecule has 14 heavy (non-hydrogen) atoms. The fourth-order valence-electron chi connectivity index (χ4n) is 2.62. The van der Waals surface area contributed by atoms with Gasteiger partial charge in [-0.25, -0.2) is 0 Å². The van der Waals surface area contributed by atoms with Crippen LogP contribution >= 0.6 is 0 Å². The molecule has 0 aliphatic heterocycles. The van der Waals surface area contributed by atoms with Gasteiger partial charge >= 0.3 is 0 Å². The summed E-state index contributed by atoms with van der Waals surface area (Å²) in [7, 11) is 0. The van der Waals surface area contributed by atoms with E-state index in [1.807, 2.05) is 0 Å². The van der Waals surface area contributed by atoms with Gasteiger partial charge < -0.3 is 5.32 Å². The third-order valence-electron chi connectivity index (χ3n) is 3.76. The minimum absolute atomic E-state index is 1.05. The Morgan fingerprint density at radius 2 is 1.64 bits per heavy atom. The molecular weight excluding hydrogens is 170 g/mol. The molecule has 1 N–H and O–H groups in total. The SMILES string of the molecule is CCNCCCC1CCC(CC)CC1. The van der Waals surface area contributed by atoms with E-state index in [0.29, 0.717) is 0 Å². The standard InChI is InChI=1S/C13H27N/c1-3-12-7-9-13(10-8-12)6-5-11-14-4-2/h12-14H,3-11H2,1-2H3. The van der Waals surface area contributed by atoms with Crippen LogP contribution in [0.2, 0.25) is 0 Å². The van der Waals surface area contributed by atoms with Gasteiger partial charge in [-0.05, 0) is 37.8 Å². The van der Waals surface area contributed by atoms with E-state index in [0.717, 1.165) is 18.4 Å². The van der Waals surface area contributed by atoms with Gasteiger partial charge in [0.15, 0.2) is 0 Å². The molecule has 0 saturated heterocycles. The quantitative estimate of drug-likeness (QED) is 0.642. The third-order valence-corrected chi connectivity index (χ3v) is 3.76. The molecule has 1 heteroatoms. The predicted octanol–water partition coefficient (Wildman–Crippen LogP) is 3.59. The zero-order valence-corrected chi connectivity index (χ0v) is 10.0. The molecule has 0 aromatic rings. The van der Waals surface area contributed by atoms with Crippen LogP contribution < -0.4 is 5.32 Å². The highest BCUT2D eigenvalue weighted by Gasteiger charge is 2.19. The van der Waals surface area contributed by atoms with Gasteiger partial charge in [-0.15, -0.1) is 0 Å². The molecule has 1 fully saturated rings. The van der Waals surface area contributed by atoms with Crippen LogP contribution in [0.4, 0.5) is 0 Å². The second-order valence-corrected chi connectivity index (χ2v) is 4.79. The summed E-state index contributed by atoms with van der Waals surface area (Å²) in [5.74, 6) is 2.11. The summed E-state index contributed by atoms with van der Waals surface area (Å²) >= 11 is 0. The van der Waals surface area contributed by atoms with Crippen molar-refractivity contribution in [3.63, 3.8) is 0 Å². The Morgan fingerprint density at radius 1 is 1.00 bits per heavy atom. The molecule has 1 rings (SSSR count). The molecule has 0 atom stereocenters. The summed E-state index contributed by atoms with van der Waals surface area (Å²) in [4.78, 5) is 0. The summed E-state index contributed by atoms with van der Waals surface area (Å²) in [6, 6.07) is 0. The maximum absolute atomic E-state index is 3.41. The molecule has 0 amide bonds. The molecular formula is C13H27N. The molecule has 1 saturated carbocycles. The largest absolute Gasteiger partial charge is 0.317 e. The number of hydrogen-bond donors (Lipinski definition) is 1. The van der Waals surface area contributed by atoms with Crippen LogP contribution in [0.25, 0.3) is 0 Å². The highest BCUT2D eigenvalue weighted by molar-refractivity contribution is 4.71. The van der Waals surface area contributed by atoms with Crippen LogP contribution in [0.5, 0.6) is 0 Å². The van der Waals surface area contributed by atoms with Crippen LogP contribution in [0.1, 0.15) is 58.8 Å². The minimum atomic E-state index is 1.05. The lowest BCUT2D eigenvalue weighted by Gasteiger charge is -2.27. The summed E-state index contributed by atoms with van der Waals surface area (Å²) in [5, 5.41) is 3.41. The lowest BCUT2D eigenvalue weighted by atomic mass is 9.79. The Kier molecular flexibility index (Phi) is 6.25. The lowest BCUT2D eigenvalue weighted by Crippen LogP contribution is -2.18. The number of rotatable bonds is 6. The van der Waals surface area contributed by atoms with E-state index in [1.165, 1.54) is 51.5 Å². The third kappa shape index (κ3) is 4.45. The molecule has 0 bridgehead atoms. The van der Waals surface area contributed by atoms with Crippen molar-refractivity contribution in [3.05, 3.63) is 0 Å². The fourth-order valence-corrected chi connectivity index (χ4v) is 2.62. The smallest absolute Gasteiger partial charge is 0.00489 e. The lowest BCUT2D eigenvalue weighted by molar-refractivity contribution is 0.255. The molecule has 0 aromatic heterocycles. The van der Waals surface area contributed by atoms with Gasteiger partial charge in [0.1, 0.15) is 0 Å². The van der Waals surface area contributed by atoms with Gasteiger partial charge in [0, 0.05) is 0 Å². The number of hydrogen-bond acceptors (Lipinski definition) is 1. The van der Waals surface area contributed by atoms with Crippen molar-refractivity contribution in [2.45, 2.75) is 58.8 Å². The summed E-state index contributed by atoms with van der Waals surface area (Å²) in [5.41, 5.74) is 0. The van der Waals surface area contributed by atoms with Gasteiger partial charge in [0.25, 0.3) is 0 Å². The zero-order chi connectivity index (χ0) is 10.2. The number of nitrogens with one attached hydrogen (secondary N) is 1. The molecule has 1 aliphatic rings. The van der Waals surface area contributed by atoms with Gasteiger partial charge in [-0.3, -0.25) is 0 Å². The van der Waals surface area contributed by atoms with Gasteiger partial charge in [0.2, 0.25) is 0 Å². The summed E-state index contributed by atoms with van der Waals surface area (Å²) in [6.45, 7) is 6.88. The topological polar surface area (TPSA) is 12.0 Å². The van der Waals surface area contributed by atoms with Crippen LogP contribution in [0, 0.1) is 11.8 Å². The molecule has 0 aromatic carbocycles. The first-order valence-electron chi connectivity index (χ1n) is 6.57. The Labute approximate surface area is 89.7 Å². The predicted molar refractivity (Wildman–Crippen MR) is 63.5 cm³/mol. The highest BCUT2D eigenvalue weighted by atomic mass is 14.8. The molecule has 1 nitrogen and oxygen atoms in total. The van der Waals surface area contributed by atoms with E-state index in [1.54, 1.807) is 0 Å². The van der Waals surface area contributed by atoms with Gasteiger partial charge in [0.05, 0.1) is 0 Å². The highest BCUT2D eigenvalue weighted by Crippen LogP contribution is 2.32. The maximum Gasteiger partial charge on any atom is -0.00489 e. The second-order valence-electron chi connectivity index (χ2n) is 4.79.